The molecule has 1 fully saturated rings. The van der Waals surface area contributed by atoms with Crippen molar-refractivity contribution in [1.82, 2.24) is 4.90 Å². The van der Waals surface area contributed by atoms with Gasteiger partial charge in [0.15, 0.2) is 0 Å². The highest BCUT2D eigenvalue weighted by Crippen LogP contribution is 2.45. The number of benzene rings is 3. The molecule has 7 heteroatoms. The van der Waals surface area contributed by atoms with E-state index in [-0.39, 0.29) is 23.9 Å². The summed E-state index contributed by atoms with van der Waals surface area (Å²) in [6, 6.07) is 19.8. The molecular formula is C28H30ClNO4S. The predicted octanol–water partition coefficient (Wildman–Crippen LogP) is 6.35. The minimum Gasteiger partial charge on any atom is -0.508 e. The molecule has 3 aromatic carbocycles. The fraction of sp³-hybridized carbons (Fsp3) is 0.286. The van der Waals surface area contributed by atoms with Gasteiger partial charge in [-0.1, -0.05) is 18.6 Å². The molecule has 1 saturated heterocycles. The Morgan fingerprint density at radius 3 is 2.26 bits per heavy atom. The minimum atomic E-state index is -0.843. The molecule has 1 aliphatic heterocycles. The molecule has 2 heterocycles. The third-order valence-corrected chi connectivity index (χ3v) is 7.65. The number of aliphatic hydroxyl groups is 1. The first-order chi connectivity index (χ1) is 16.6. The van der Waals surface area contributed by atoms with Gasteiger partial charge < -0.3 is 20.1 Å². The summed E-state index contributed by atoms with van der Waals surface area (Å²) in [6.07, 6.45) is 3.03. The molecule has 1 aromatic heterocycles. The Bertz CT molecular complexity index is 1250. The van der Waals surface area contributed by atoms with Crippen molar-refractivity contribution in [3.8, 4) is 27.7 Å². The van der Waals surface area contributed by atoms with Crippen LogP contribution in [0.25, 0.3) is 20.5 Å². The number of phenolic OH excluding ortho intramolecular Hbond substituents is 2. The van der Waals surface area contributed by atoms with Gasteiger partial charge in [0.1, 0.15) is 30.0 Å². The summed E-state index contributed by atoms with van der Waals surface area (Å²) in [5.41, 5.74) is 2.48. The lowest BCUT2D eigenvalue weighted by Crippen LogP contribution is -2.33. The first-order valence-corrected chi connectivity index (χ1v) is 12.6. The van der Waals surface area contributed by atoms with Gasteiger partial charge in [-0.25, -0.2) is 0 Å². The molecule has 1 unspecified atom stereocenters. The fourth-order valence-corrected chi connectivity index (χ4v) is 5.87. The SMILES string of the molecule is Cl.Oc1ccc(-c2sc3cc(O)ccc3c2C(O)c2ccc(OCCN3CCCCC3)cc2)cc1. The van der Waals surface area contributed by atoms with Crippen molar-refractivity contribution in [2.24, 2.45) is 0 Å². The zero-order valence-corrected chi connectivity index (χ0v) is 21.0. The number of hydrogen-bond acceptors (Lipinski definition) is 6. The minimum absolute atomic E-state index is 0. The summed E-state index contributed by atoms with van der Waals surface area (Å²) in [5, 5.41) is 32.0. The van der Waals surface area contributed by atoms with Crippen LogP contribution in [-0.2, 0) is 0 Å². The van der Waals surface area contributed by atoms with Gasteiger partial charge in [-0.2, -0.15) is 0 Å². The van der Waals surface area contributed by atoms with Crippen molar-refractivity contribution >= 4 is 33.8 Å². The van der Waals surface area contributed by atoms with E-state index in [9.17, 15) is 15.3 Å². The van der Waals surface area contributed by atoms with Crippen LogP contribution in [0.15, 0.2) is 66.7 Å². The second-order valence-electron chi connectivity index (χ2n) is 8.79. The van der Waals surface area contributed by atoms with Gasteiger partial charge in [-0.05, 0) is 97.0 Å². The molecule has 35 heavy (non-hydrogen) atoms. The van der Waals surface area contributed by atoms with Crippen LogP contribution in [0.4, 0.5) is 0 Å². The quantitative estimate of drug-likeness (QED) is 0.270. The van der Waals surface area contributed by atoms with Gasteiger partial charge >= 0.3 is 0 Å². The first kappa shape index (κ1) is 25.3. The van der Waals surface area contributed by atoms with Crippen molar-refractivity contribution in [2.45, 2.75) is 25.4 Å². The number of ether oxygens (including phenoxy) is 1. The van der Waals surface area contributed by atoms with E-state index in [0.29, 0.717) is 6.61 Å². The van der Waals surface area contributed by atoms with Crippen molar-refractivity contribution in [3.05, 3.63) is 77.9 Å². The van der Waals surface area contributed by atoms with E-state index < -0.39 is 6.10 Å². The van der Waals surface area contributed by atoms with Crippen LogP contribution in [0, 0.1) is 0 Å². The Hall–Kier alpha value is -2.77. The number of aromatic hydroxyl groups is 2. The van der Waals surface area contributed by atoms with Crippen LogP contribution >= 0.6 is 23.7 Å². The van der Waals surface area contributed by atoms with E-state index in [0.717, 1.165) is 57.0 Å². The zero-order chi connectivity index (χ0) is 23.5. The standard InChI is InChI=1S/C28H29NO4S.ClH/c30-21-8-4-20(5-9-21)28-26(24-13-10-22(31)18-25(24)34-28)27(32)19-6-11-23(12-7-19)33-17-16-29-14-2-1-3-15-29;/h4-13,18,27,30-32H,1-3,14-17H2;1H. The van der Waals surface area contributed by atoms with E-state index in [1.54, 1.807) is 24.3 Å². The molecule has 0 radical (unpaired) electrons. The van der Waals surface area contributed by atoms with Gasteiger partial charge in [0.05, 0.1) is 0 Å². The van der Waals surface area contributed by atoms with Crippen LogP contribution in [0.3, 0.4) is 0 Å². The molecule has 0 aliphatic carbocycles. The molecule has 5 nitrogen and oxygen atoms in total. The van der Waals surface area contributed by atoms with Crippen LogP contribution in [0.5, 0.6) is 17.2 Å². The lowest BCUT2D eigenvalue weighted by atomic mass is 9.96. The van der Waals surface area contributed by atoms with Crippen molar-refractivity contribution in [3.63, 3.8) is 0 Å². The third-order valence-electron chi connectivity index (χ3n) is 6.44. The van der Waals surface area contributed by atoms with E-state index in [1.165, 1.54) is 30.6 Å². The molecule has 3 N–H and O–H groups in total. The molecule has 0 saturated carbocycles. The largest absolute Gasteiger partial charge is 0.508 e. The lowest BCUT2D eigenvalue weighted by molar-refractivity contribution is 0.183. The molecule has 1 aliphatic rings. The number of rotatable bonds is 7. The number of halogens is 1. The Morgan fingerprint density at radius 1 is 0.857 bits per heavy atom. The van der Waals surface area contributed by atoms with Crippen molar-refractivity contribution in [1.29, 1.82) is 0 Å². The molecular weight excluding hydrogens is 482 g/mol. The number of aliphatic hydroxyl groups excluding tert-OH is 1. The average molecular weight is 512 g/mol. The van der Waals surface area contributed by atoms with Crippen LogP contribution in [0.2, 0.25) is 0 Å². The first-order valence-electron chi connectivity index (χ1n) is 11.8. The van der Waals surface area contributed by atoms with Gasteiger partial charge in [-0.15, -0.1) is 23.7 Å². The van der Waals surface area contributed by atoms with Gasteiger partial charge in [0.2, 0.25) is 0 Å². The topological polar surface area (TPSA) is 73.2 Å². The van der Waals surface area contributed by atoms with E-state index >= 15 is 0 Å². The van der Waals surface area contributed by atoms with Gasteiger partial charge in [0, 0.05) is 21.7 Å². The number of fused-ring (bicyclic) bond motifs is 1. The lowest BCUT2D eigenvalue weighted by Gasteiger charge is -2.26. The molecule has 0 bridgehead atoms. The third kappa shape index (κ3) is 5.73. The highest BCUT2D eigenvalue weighted by molar-refractivity contribution is 7.22. The van der Waals surface area contributed by atoms with E-state index in [4.69, 9.17) is 4.74 Å². The molecule has 0 spiro atoms. The summed E-state index contributed by atoms with van der Waals surface area (Å²) in [7, 11) is 0. The van der Waals surface area contributed by atoms with Gasteiger partial charge in [-0.3, -0.25) is 4.90 Å². The maximum atomic E-state index is 11.4. The molecule has 1 atom stereocenters. The Morgan fingerprint density at radius 2 is 1.54 bits per heavy atom. The highest BCUT2D eigenvalue weighted by atomic mass is 35.5. The summed E-state index contributed by atoms with van der Waals surface area (Å²) < 4.78 is 6.85. The number of hydrogen-bond donors (Lipinski definition) is 3. The number of phenols is 2. The number of thiophene rings is 1. The second-order valence-corrected chi connectivity index (χ2v) is 9.85. The monoisotopic (exact) mass is 511 g/mol. The Kier molecular flexibility index (Phi) is 8.19. The van der Waals surface area contributed by atoms with Crippen molar-refractivity contribution in [2.75, 3.05) is 26.2 Å². The summed E-state index contributed by atoms with van der Waals surface area (Å²) in [6.45, 7) is 3.91. The molecule has 184 valence electrons. The smallest absolute Gasteiger partial charge is 0.119 e. The summed E-state index contributed by atoms with van der Waals surface area (Å²) in [4.78, 5) is 3.36. The maximum Gasteiger partial charge on any atom is 0.119 e. The fourth-order valence-electron chi connectivity index (χ4n) is 4.59. The number of nitrogens with zero attached hydrogens (tertiary/aromatic N) is 1. The number of piperidine rings is 1. The van der Waals surface area contributed by atoms with E-state index in [2.05, 4.69) is 4.90 Å². The Labute approximate surface area is 215 Å². The van der Waals surface area contributed by atoms with Crippen LogP contribution < -0.4 is 4.74 Å². The van der Waals surface area contributed by atoms with E-state index in [1.807, 2.05) is 42.5 Å². The Balaban J connectivity index is 0.00000289. The maximum absolute atomic E-state index is 11.4. The molecule has 5 rings (SSSR count). The highest BCUT2D eigenvalue weighted by Gasteiger charge is 2.22. The normalized spacial score (nSPS) is 15.0. The van der Waals surface area contributed by atoms with Gasteiger partial charge in [0.25, 0.3) is 0 Å². The van der Waals surface area contributed by atoms with Crippen LogP contribution in [-0.4, -0.2) is 46.5 Å². The second kappa shape index (κ2) is 11.3. The number of likely N-dealkylation sites (tertiary alicyclic amines) is 1. The summed E-state index contributed by atoms with van der Waals surface area (Å²) in [5.74, 6) is 1.19. The van der Waals surface area contributed by atoms with Crippen molar-refractivity contribution < 1.29 is 20.1 Å². The summed E-state index contributed by atoms with van der Waals surface area (Å²) >= 11 is 1.52. The zero-order valence-electron chi connectivity index (χ0n) is 19.4. The average Bonchev–Trinajstić information content (AvgIpc) is 3.23. The predicted molar refractivity (Wildman–Crippen MR) is 144 cm³/mol. The van der Waals surface area contributed by atoms with Crippen LogP contribution in [0.1, 0.15) is 36.5 Å². The molecule has 0 amide bonds. The molecule has 4 aromatic rings.